The summed E-state index contributed by atoms with van der Waals surface area (Å²) < 4.78 is 5.64. The number of rotatable bonds is 7. The van der Waals surface area contributed by atoms with E-state index in [9.17, 15) is 19.8 Å². The molecule has 0 unspecified atom stereocenters. The molecule has 2 aromatic rings. The number of benzene rings is 2. The minimum atomic E-state index is -0.887. The van der Waals surface area contributed by atoms with Crippen LogP contribution in [-0.2, 0) is 16.1 Å². The second kappa shape index (κ2) is 12.1. The second-order valence-electron chi connectivity index (χ2n) is 8.06. The van der Waals surface area contributed by atoms with E-state index in [0.29, 0.717) is 45.8 Å². The number of hydrogen-bond donors (Lipinski definition) is 3. The molecule has 1 aliphatic rings. The molecular formula is C24H32N4O5. The number of carboxylic acids is 2. The zero-order valence-corrected chi connectivity index (χ0v) is 18.9. The van der Waals surface area contributed by atoms with Gasteiger partial charge in [-0.3, -0.25) is 14.5 Å². The first kappa shape index (κ1) is 24.3. The summed E-state index contributed by atoms with van der Waals surface area (Å²) in [6.45, 7) is 3.96. The largest absolute Gasteiger partial charge is 0.496 e. The standard InChI is InChI=1S/C24H32N4O5/c1-33-22-15-20-5-3-2-4-19(20)14-21(22)16-28-12-10-26(17-23(29)30)8-6-25-7-9-27(11-13-28)18-24(31)32/h2-5,10,12,14-15,25H,6-9,11,13,16-18H2,1H3,(H,29,30)(H,31,32)/b12-10-. The molecule has 0 aromatic heterocycles. The maximum atomic E-state index is 11.3. The molecule has 0 radical (unpaired) electrons. The van der Waals surface area contributed by atoms with Crippen molar-refractivity contribution in [3.05, 3.63) is 54.4 Å². The van der Waals surface area contributed by atoms with Gasteiger partial charge in [0.1, 0.15) is 12.3 Å². The van der Waals surface area contributed by atoms with E-state index in [0.717, 1.165) is 22.1 Å². The summed E-state index contributed by atoms with van der Waals surface area (Å²) >= 11 is 0. The van der Waals surface area contributed by atoms with Crippen molar-refractivity contribution in [2.45, 2.75) is 6.54 Å². The summed E-state index contributed by atoms with van der Waals surface area (Å²) in [5, 5.41) is 24.0. The van der Waals surface area contributed by atoms with Crippen molar-refractivity contribution in [2.75, 3.05) is 59.5 Å². The maximum Gasteiger partial charge on any atom is 0.323 e. The molecule has 33 heavy (non-hydrogen) atoms. The number of nitrogens with one attached hydrogen (secondary N) is 1. The Morgan fingerprint density at radius 3 is 2.27 bits per heavy atom. The summed E-state index contributed by atoms with van der Waals surface area (Å²) in [6.07, 6.45) is 3.69. The number of ether oxygens (including phenoxy) is 1. The van der Waals surface area contributed by atoms with Crippen molar-refractivity contribution in [2.24, 2.45) is 0 Å². The number of carbonyl (C=O) groups is 2. The van der Waals surface area contributed by atoms with Gasteiger partial charge in [0, 0.05) is 63.8 Å². The smallest absolute Gasteiger partial charge is 0.323 e. The van der Waals surface area contributed by atoms with Gasteiger partial charge in [0.05, 0.1) is 13.7 Å². The van der Waals surface area contributed by atoms with Crippen LogP contribution in [0.1, 0.15) is 5.56 Å². The minimum Gasteiger partial charge on any atom is -0.496 e. The molecule has 0 spiro atoms. The first-order valence-corrected chi connectivity index (χ1v) is 11.0. The van der Waals surface area contributed by atoms with Crippen molar-refractivity contribution in [3.63, 3.8) is 0 Å². The van der Waals surface area contributed by atoms with Gasteiger partial charge in [-0.2, -0.15) is 0 Å². The molecule has 9 heteroatoms. The van der Waals surface area contributed by atoms with Gasteiger partial charge in [-0.15, -0.1) is 0 Å². The third-order valence-electron chi connectivity index (χ3n) is 5.59. The van der Waals surface area contributed by atoms with Crippen LogP contribution in [0.4, 0.5) is 0 Å². The van der Waals surface area contributed by atoms with Gasteiger partial charge in [0.15, 0.2) is 0 Å². The molecule has 0 atom stereocenters. The Bertz CT molecular complexity index is 980. The molecular weight excluding hydrogens is 424 g/mol. The van der Waals surface area contributed by atoms with Gasteiger partial charge < -0.3 is 30.1 Å². The van der Waals surface area contributed by atoms with Crippen LogP contribution in [0.15, 0.2) is 48.8 Å². The topological polar surface area (TPSA) is 106 Å². The van der Waals surface area contributed by atoms with Gasteiger partial charge in [-0.25, -0.2) is 0 Å². The zero-order chi connectivity index (χ0) is 23.6. The molecule has 0 bridgehead atoms. The third-order valence-corrected chi connectivity index (χ3v) is 5.59. The van der Waals surface area contributed by atoms with Crippen molar-refractivity contribution >= 4 is 22.7 Å². The van der Waals surface area contributed by atoms with Gasteiger partial charge in [-0.05, 0) is 22.9 Å². The molecule has 1 heterocycles. The summed E-state index contributed by atoms with van der Waals surface area (Å²) in [7, 11) is 1.65. The highest BCUT2D eigenvalue weighted by atomic mass is 16.5. The fourth-order valence-electron chi connectivity index (χ4n) is 3.89. The first-order chi connectivity index (χ1) is 15.9. The van der Waals surface area contributed by atoms with Crippen molar-refractivity contribution in [1.82, 2.24) is 20.0 Å². The number of fused-ring (bicyclic) bond motifs is 1. The lowest BCUT2D eigenvalue weighted by molar-refractivity contribution is -0.139. The number of carboxylic acid groups (broad SMARTS) is 2. The van der Waals surface area contributed by atoms with E-state index in [1.165, 1.54) is 0 Å². The highest BCUT2D eigenvalue weighted by Gasteiger charge is 2.15. The highest BCUT2D eigenvalue weighted by Crippen LogP contribution is 2.27. The Labute approximate surface area is 193 Å². The second-order valence-corrected chi connectivity index (χ2v) is 8.06. The molecule has 2 aromatic carbocycles. The van der Waals surface area contributed by atoms with Crippen LogP contribution in [0.2, 0.25) is 0 Å². The summed E-state index contributed by atoms with van der Waals surface area (Å²) in [4.78, 5) is 28.3. The summed E-state index contributed by atoms with van der Waals surface area (Å²) in [6, 6.07) is 12.2. The van der Waals surface area contributed by atoms with E-state index in [-0.39, 0.29) is 13.1 Å². The maximum absolute atomic E-state index is 11.3. The van der Waals surface area contributed by atoms with Crippen LogP contribution in [-0.4, -0.2) is 96.3 Å². The Morgan fingerprint density at radius 2 is 1.58 bits per heavy atom. The van der Waals surface area contributed by atoms with Crippen LogP contribution in [0.25, 0.3) is 10.8 Å². The van der Waals surface area contributed by atoms with E-state index in [1.54, 1.807) is 18.2 Å². The molecule has 0 fully saturated rings. The first-order valence-electron chi connectivity index (χ1n) is 11.0. The van der Waals surface area contributed by atoms with Crippen molar-refractivity contribution < 1.29 is 24.5 Å². The number of hydrogen-bond acceptors (Lipinski definition) is 7. The summed E-state index contributed by atoms with van der Waals surface area (Å²) in [5.41, 5.74) is 1.00. The van der Waals surface area contributed by atoms with Crippen molar-refractivity contribution in [3.8, 4) is 5.75 Å². The number of methoxy groups -OCH3 is 1. The molecule has 3 rings (SSSR count). The van der Waals surface area contributed by atoms with E-state index in [2.05, 4.69) is 22.3 Å². The van der Waals surface area contributed by atoms with Crippen LogP contribution < -0.4 is 10.1 Å². The number of aliphatic carboxylic acids is 2. The third kappa shape index (κ3) is 7.65. The van der Waals surface area contributed by atoms with Gasteiger partial charge in [-0.1, -0.05) is 24.3 Å². The quantitative estimate of drug-likeness (QED) is 0.572. The van der Waals surface area contributed by atoms with E-state index in [1.807, 2.05) is 35.4 Å². The molecule has 1 aliphatic heterocycles. The lowest BCUT2D eigenvalue weighted by atomic mass is 10.1. The lowest BCUT2D eigenvalue weighted by Gasteiger charge is -2.29. The fourth-order valence-corrected chi connectivity index (χ4v) is 3.89. The van der Waals surface area contributed by atoms with E-state index < -0.39 is 11.9 Å². The van der Waals surface area contributed by atoms with E-state index in [4.69, 9.17) is 4.74 Å². The fraction of sp³-hybridized carbons (Fsp3) is 0.417. The Morgan fingerprint density at radius 1 is 0.909 bits per heavy atom. The molecule has 0 saturated heterocycles. The van der Waals surface area contributed by atoms with Gasteiger partial charge in [0.2, 0.25) is 0 Å². The Balaban J connectivity index is 1.86. The Kier molecular flexibility index (Phi) is 8.91. The highest BCUT2D eigenvalue weighted by molar-refractivity contribution is 5.85. The predicted molar refractivity (Wildman–Crippen MR) is 126 cm³/mol. The average Bonchev–Trinajstić information content (AvgIpc) is 2.77. The minimum absolute atomic E-state index is 0.0241. The molecule has 9 nitrogen and oxygen atoms in total. The molecule has 0 amide bonds. The molecule has 0 saturated carbocycles. The van der Waals surface area contributed by atoms with Crippen LogP contribution in [0.3, 0.4) is 0 Å². The molecule has 0 aliphatic carbocycles. The van der Waals surface area contributed by atoms with Crippen LogP contribution in [0.5, 0.6) is 5.75 Å². The average molecular weight is 457 g/mol. The lowest BCUT2D eigenvalue weighted by Crippen LogP contribution is -2.42. The van der Waals surface area contributed by atoms with Crippen LogP contribution >= 0.6 is 0 Å². The normalized spacial score (nSPS) is 17.2. The van der Waals surface area contributed by atoms with E-state index >= 15 is 0 Å². The SMILES string of the molecule is COc1cc2ccccc2cc1CN1/C=C\N(CC(=O)O)CCNCCN(CC(=O)O)CC1. The summed E-state index contributed by atoms with van der Waals surface area (Å²) in [5.74, 6) is -0.961. The Hall–Kier alpha value is -3.30. The van der Waals surface area contributed by atoms with Crippen molar-refractivity contribution in [1.29, 1.82) is 0 Å². The molecule has 3 N–H and O–H groups in total. The zero-order valence-electron chi connectivity index (χ0n) is 18.9. The van der Waals surface area contributed by atoms with Crippen LogP contribution in [0, 0.1) is 0 Å². The van der Waals surface area contributed by atoms with Gasteiger partial charge >= 0.3 is 11.9 Å². The predicted octanol–water partition coefficient (Wildman–Crippen LogP) is 1.50. The number of nitrogens with zero attached hydrogens (tertiary/aromatic N) is 3. The molecule has 178 valence electrons. The van der Waals surface area contributed by atoms with Gasteiger partial charge in [0.25, 0.3) is 0 Å². The monoisotopic (exact) mass is 456 g/mol.